The minimum Gasteiger partial charge on any atom is -0.480 e. The van der Waals surface area contributed by atoms with Gasteiger partial charge in [-0.2, -0.15) is 4.72 Å². The van der Waals surface area contributed by atoms with Crippen molar-refractivity contribution in [3.63, 3.8) is 0 Å². The van der Waals surface area contributed by atoms with Gasteiger partial charge < -0.3 is 15.4 Å². The first-order valence-corrected chi connectivity index (χ1v) is 15.0. The fraction of sp³-hybridized carbons (Fsp3) is 0.156. The average molecular weight is 598 g/mol. The Kier molecular flexibility index (Phi) is 8.29. The van der Waals surface area contributed by atoms with Crippen molar-refractivity contribution in [2.45, 2.75) is 38.1 Å². The third-order valence-corrected chi connectivity index (χ3v) is 8.71. The van der Waals surface area contributed by atoms with Gasteiger partial charge in [-0.1, -0.05) is 66.2 Å². The fourth-order valence-corrected chi connectivity index (χ4v) is 6.80. The van der Waals surface area contributed by atoms with Gasteiger partial charge in [0.2, 0.25) is 16.0 Å². The SMILES string of the molecule is Cc1cc(C)c(S(=O)(=O)NC(Cc2cccc(-c3ccc(NC(=O)Nc4nc5ccccc5[nH]4)cc3)c2)C(=O)O)c(C)c1. The maximum Gasteiger partial charge on any atom is 0.326 e. The number of H-pyrrole nitrogens is 1. The summed E-state index contributed by atoms with van der Waals surface area (Å²) in [5, 5.41) is 15.3. The first-order valence-electron chi connectivity index (χ1n) is 13.5. The van der Waals surface area contributed by atoms with Crippen molar-refractivity contribution in [3.05, 3.63) is 107 Å². The summed E-state index contributed by atoms with van der Waals surface area (Å²) in [4.78, 5) is 32.0. The van der Waals surface area contributed by atoms with Gasteiger partial charge in [-0.15, -0.1) is 0 Å². The zero-order valence-electron chi connectivity index (χ0n) is 23.8. The van der Waals surface area contributed by atoms with Gasteiger partial charge in [0.1, 0.15) is 6.04 Å². The molecule has 5 aromatic rings. The van der Waals surface area contributed by atoms with E-state index in [-0.39, 0.29) is 11.3 Å². The molecule has 1 atom stereocenters. The molecule has 1 aromatic heterocycles. The van der Waals surface area contributed by atoms with E-state index in [9.17, 15) is 23.1 Å². The Morgan fingerprint density at radius 3 is 2.23 bits per heavy atom. The Hall–Kier alpha value is -5.00. The van der Waals surface area contributed by atoms with Crippen LogP contribution in [0.5, 0.6) is 0 Å². The van der Waals surface area contributed by atoms with Crippen LogP contribution >= 0.6 is 0 Å². The van der Waals surface area contributed by atoms with E-state index in [0.29, 0.717) is 28.3 Å². The van der Waals surface area contributed by atoms with Crippen LogP contribution in [-0.4, -0.2) is 41.5 Å². The Balaban J connectivity index is 1.26. The van der Waals surface area contributed by atoms with Crippen molar-refractivity contribution in [3.8, 4) is 11.1 Å². The first-order chi connectivity index (χ1) is 20.5. The van der Waals surface area contributed by atoms with E-state index in [0.717, 1.165) is 27.7 Å². The van der Waals surface area contributed by atoms with E-state index in [4.69, 9.17) is 0 Å². The number of para-hydroxylation sites is 2. The Labute approximate surface area is 249 Å². The van der Waals surface area contributed by atoms with E-state index in [1.807, 2.05) is 55.5 Å². The minimum absolute atomic E-state index is 0.0477. The summed E-state index contributed by atoms with van der Waals surface area (Å²) >= 11 is 0. The van der Waals surface area contributed by atoms with Crippen molar-refractivity contribution >= 4 is 44.7 Å². The van der Waals surface area contributed by atoms with E-state index in [1.54, 1.807) is 50.2 Å². The number of anilines is 2. The van der Waals surface area contributed by atoms with Gasteiger partial charge in [-0.25, -0.2) is 18.2 Å². The normalized spacial score (nSPS) is 12.2. The number of hydrogen-bond donors (Lipinski definition) is 5. The molecule has 10 nitrogen and oxygen atoms in total. The number of benzene rings is 4. The Bertz CT molecular complexity index is 1880. The number of urea groups is 1. The third kappa shape index (κ3) is 6.91. The second-order valence-electron chi connectivity index (χ2n) is 10.4. The van der Waals surface area contributed by atoms with Crippen molar-refractivity contribution in [1.82, 2.24) is 14.7 Å². The second kappa shape index (κ2) is 12.1. The molecule has 2 amide bonds. The molecule has 0 bridgehead atoms. The number of hydrogen-bond acceptors (Lipinski definition) is 5. The number of carbonyl (C=O) groups is 2. The quantitative estimate of drug-likeness (QED) is 0.145. The van der Waals surface area contributed by atoms with Gasteiger partial charge in [-0.05, 0) is 79.3 Å². The van der Waals surface area contributed by atoms with Crippen molar-refractivity contribution < 1.29 is 23.1 Å². The molecular weight excluding hydrogens is 566 g/mol. The molecule has 0 aliphatic heterocycles. The fourth-order valence-electron chi connectivity index (χ4n) is 5.16. The highest BCUT2D eigenvalue weighted by Crippen LogP contribution is 2.25. The number of rotatable bonds is 9. The molecule has 0 saturated heterocycles. The lowest BCUT2D eigenvalue weighted by molar-refractivity contribution is -0.138. The zero-order valence-corrected chi connectivity index (χ0v) is 24.6. The molecule has 0 fully saturated rings. The number of aliphatic carboxylic acids is 1. The van der Waals surface area contributed by atoms with Crippen molar-refractivity contribution in [1.29, 1.82) is 0 Å². The molecule has 5 N–H and O–H groups in total. The maximum atomic E-state index is 13.2. The molecule has 5 rings (SSSR count). The average Bonchev–Trinajstić information content (AvgIpc) is 3.34. The van der Waals surface area contributed by atoms with Crippen LogP contribution in [0.1, 0.15) is 22.3 Å². The van der Waals surface area contributed by atoms with Crippen molar-refractivity contribution in [2.75, 3.05) is 10.6 Å². The molecule has 0 saturated carbocycles. The number of carboxylic acids is 1. The number of aryl methyl sites for hydroxylation is 3. The molecule has 1 unspecified atom stereocenters. The Morgan fingerprint density at radius 1 is 0.860 bits per heavy atom. The summed E-state index contributed by atoms with van der Waals surface area (Å²) < 4.78 is 28.8. The van der Waals surface area contributed by atoms with Crippen LogP contribution in [0.3, 0.4) is 0 Å². The van der Waals surface area contributed by atoms with Gasteiger partial charge in [0.05, 0.1) is 15.9 Å². The van der Waals surface area contributed by atoms with Crippen LogP contribution in [0.25, 0.3) is 22.2 Å². The molecule has 43 heavy (non-hydrogen) atoms. The van der Waals surface area contributed by atoms with E-state index in [1.165, 1.54) is 0 Å². The number of fused-ring (bicyclic) bond motifs is 1. The summed E-state index contributed by atoms with van der Waals surface area (Å²) in [6.07, 6.45) is -0.0477. The number of aromatic nitrogens is 2. The monoisotopic (exact) mass is 597 g/mol. The lowest BCUT2D eigenvalue weighted by Crippen LogP contribution is -2.42. The van der Waals surface area contributed by atoms with Crippen LogP contribution in [0.2, 0.25) is 0 Å². The topological polar surface area (TPSA) is 153 Å². The van der Waals surface area contributed by atoms with Gasteiger partial charge in [0, 0.05) is 5.69 Å². The first kappa shape index (κ1) is 29.5. The summed E-state index contributed by atoms with van der Waals surface area (Å²) in [5.74, 6) is -0.939. The van der Waals surface area contributed by atoms with Crippen LogP contribution < -0.4 is 15.4 Å². The zero-order chi connectivity index (χ0) is 30.7. The van der Waals surface area contributed by atoms with Gasteiger partial charge in [0.15, 0.2) is 0 Å². The lowest BCUT2D eigenvalue weighted by atomic mass is 9.99. The van der Waals surface area contributed by atoms with Gasteiger partial charge in [0.25, 0.3) is 0 Å². The second-order valence-corrected chi connectivity index (χ2v) is 12.1. The summed E-state index contributed by atoms with van der Waals surface area (Å²) in [7, 11) is -4.08. The number of sulfonamides is 1. The number of imidazole rings is 1. The van der Waals surface area contributed by atoms with Crippen LogP contribution in [0.15, 0.2) is 89.8 Å². The minimum atomic E-state index is -4.08. The molecule has 220 valence electrons. The standard InChI is InChI=1S/C32H31N5O5S/c1-19-15-20(2)29(21(3)16-19)43(41,42)37-28(30(38)39)18-22-7-6-8-24(17-22)23-11-13-25(14-12-23)33-32(40)36-31-34-26-9-4-5-10-27(26)35-31/h4-17,28,37H,18H2,1-3H3,(H,38,39)(H3,33,34,35,36,40). The number of carbonyl (C=O) groups excluding carboxylic acids is 1. The molecule has 0 spiro atoms. The summed E-state index contributed by atoms with van der Waals surface area (Å²) in [6, 6.07) is 23.6. The van der Waals surface area contributed by atoms with E-state index in [2.05, 4.69) is 25.3 Å². The molecule has 11 heteroatoms. The van der Waals surface area contributed by atoms with Crippen LogP contribution in [0.4, 0.5) is 16.4 Å². The summed E-state index contributed by atoms with van der Waals surface area (Å²) in [6.45, 7) is 5.27. The molecule has 4 aromatic carbocycles. The number of amides is 2. The number of nitrogens with one attached hydrogen (secondary N) is 4. The van der Waals surface area contributed by atoms with E-state index < -0.39 is 28.1 Å². The molecule has 0 radical (unpaired) electrons. The summed E-state index contributed by atoms with van der Waals surface area (Å²) in [5.41, 5.74) is 6.46. The highest BCUT2D eigenvalue weighted by molar-refractivity contribution is 7.89. The molecule has 0 aliphatic rings. The molecule has 0 aliphatic carbocycles. The highest BCUT2D eigenvalue weighted by atomic mass is 32.2. The molecular formula is C32H31N5O5S. The number of nitrogens with zero attached hydrogens (tertiary/aromatic N) is 1. The van der Waals surface area contributed by atoms with E-state index >= 15 is 0 Å². The largest absolute Gasteiger partial charge is 0.480 e. The number of aromatic amines is 1. The maximum absolute atomic E-state index is 13.2. The van der Waals surface area contributed by atoms with Crippen LogP contribution in [-0.2, 0) is 21.2 Å². The predicted octanol–water partition coefficient (Wildman–Crippen LogP) is 5.77. The van der Waals surface area contributed by atoms with Crippen molar-refractivity contribution in [2.24, 2.45) is 0 Å². The van der Waals surface area contributed by atoms with Gasteiger partial charge >= 0.3 is 12.0 Å². The predicted molar refractivity (Wildman–Crippen MR) is 167 cm³/mol. The molecule has 1 heterocycles. The third-order valence-electron chi connectivity index (χ3n) is 6.93. The number of carboxylic acid groups (broad SMARTS) is 1. The van der Waals surface area contributed by atoms with Crippen LogP contribution in [0, 0.1) is 20.8 Å². The van der Waals surface area contributed by atoms with Gasteiger partial charge in [-0.3, -0.25) is 10.1 Å². The lowest BCUT2D eigenvalue weighted by Gasteiger charge is -2.18. The highest BCUT2D eigenvalue weighted by Gasteiger charge is 2.28. The smallest absolute Gasteiger partial charge is 0.326 e. The Morgan fingerprint density at radius 2 is 1.56 bits per heavy atom.